The number of halogens is 3. The summed E-state index contributed by atoms with van der Waals surface area (Å²) < 4.78 is 43.1. The number of hydrogen-bond acceptors (Lipinski definition) is 3. The predicted octanol–water partition coefficient (Wildman–Crippen LogP) is 2.90. The first kappa shape index (κ1) is 19.2. The Bertz CT molecular complexity index is 615. The Morgan fingerprint density at radius 1 is 1.32 bits per heavy atom. The topological polar surface area (TPSA) is 66.8 Å². The number of carbonyl (C=O) groups excluding carboxylic acids is 1. The van der Waals surface area contributed by atoms with Crippen LogP contribution in [0.5, 0.6) is 0 Å². The van der Waals surface area contributed by atoms with Gasteiger partial charge in [-0.15, -0.1) is 0 Å². The van der Waals surface area contributed by atoms with Crippen LogP contribution in [0, 0.1) is 0 Å². The monoisotopic (exact) mass is 359 g/mol. The van der Waals surface area contributed by atoms with Crippen LogP contribution in [0.15, 0.2) is 24.3 Å². The standard InChI is InChI=1S/C17H20F3NO4/c1-11(12-2-4-13(5-3-12)17(18,19)20)8-15(22)21-6-7-25-14(10-21)9-16(23)24/h2-5,11,14H,6-10H2,1H3,(H,23,24)/t11-,14-/m0/s1. The molecule has 0 unspecified atom stereocenters. The molecule has 1 fully saturated rings. The molecule has 8 heteroatoms. The van der Waals surface area contributed by atoms with Gasteiger partial charge in [0.1, 0.15) is 0 Å². The maximum atomic E-state index is 12.6. The van der Waals surface area contributed by atoms with E-state index < -0.39 is 23.8 Å². The van der Waals surface area contributed by atoms with Crippen LogP contribution in [0.3, 0.4) is 0 Å². The normalized spacial score (nSPS) is 19.5. The first-order valence-electron chi connectivity index (χ1n) is 7.95. The van der Waals surface area contributed by atoms with Gasteiger partial charge in [0.05, 0.1) is 24.7 Å². The third kappa shape index (κ3) is 5.45. The minimum atomic E-state index is -4.38. The maximum Gasteiger partial charge on any atom is 0.416 e. The van der Waals surface area contributed by atoms with Crippen molar-refractivity contribution in [3.63, 3.8) is 0 Å². The van der Waals surface area contributed by atoms with E-state index in [1.54, 1.807) is 11.8 Å². The molecule has 1 heterocycles. The summed E-state index contributed by atoms with van der Waals surface area (Å²) in [6.07, 6.45) is -4.94. The van der Waals surface area contributed by atoms with Crippen molar-refractivity contribution < 1.29 is 32.6 Å². The molecule has 1 aliphatic heterocycles. The van der Waals surface area contributed by atoms with E-state index in [2.05, 4.69) is 0 Å². The minimum absolute atomic E-state index is 0.144. The molecule has 0 saturated carbocycles. The summed E-state index contributed by atoms with van der Waals surface area (Å²) in [4.78, 5) is 24.7. The van der Waals surface area contributed by atoms with E-state index in [1.165, 1.54) is 12.1 Å². The van der Waals surface area contributed by atoms with Crippen molar-refractivity contribution in [1.29, 1.82) is 0 Å². The van der Waals surface area contributed by atoms with Crippen LogP contribution in [0.4, 0.5) is 13.2 Å². The summed E-state index contributed by atoms with van der Waals surface area (Å²) in [6, 6.07) is 4.78. The van der Waals surface area contributed by atoms with Gasteiger partial charge in [-0.2, -0.15) is 13.2 Å². The Kier molecular flexibility index (Phi) is 6.05. The molecule has 2 atom stereocenters. The lowest BCUT2D eigenvalue weighted by Crippen LogP contribution is -2.46. The van der Waals surface area contributed by atoms with E-state index in [0.29, 0.717) is 12.1 Å². The first-order chi connectivity index (χ1) is 11.7. The number of carbonyl (C=O) groups is 2. The van der Waals surface area contributed by atoms with Crippen LogP contribution < -0.4 is 0 Å². The van der Waals surface area contributed by atoms with Crippen molar-refractivity contribution in [2.75, 3.05) is 19.7 Å². The number of carboxylic acids is 1. The molecule has 0 bridgehead atoms. The van der Waals surface area contributed by atoms with Gasteiger partial charge >= 0.3 is 12.1 Å². The second kappa shape index (κ2) is 7.86. The second-order valence-electron chi connectivity index (χ2n) is 6.16. The fourth-order valence-electron chi connectivity index (χ4n) is 2.77. The molecule has 1 N–H and O–H groups in total. The zero-order valence-electron chi connectivity index (χ0n) is 13.8. The number of rotatable bonds is 5. The molecule has 2 rings (SSSR count). The molecular formula is C17H20F3NO4. The SMILES string of the molecule is C[C@@H](CC(=O)N1CCO[C@@H](CC(=O)O)C1)c1ccc(C(F)(F)F)cc1. The van der Waals surface area contributed by atoms with E-state index in [0.717, 1.165) is 12.1 Å². The Morgan fingerprint density at radius 3 is 2.52 bits per heavy atom. The summed E-state index contributed by atoms with van der Waals surface area (Å²) >= 11 is 0. The van der Waals surface area contributed by atoms with Crippen molar-refractivity contribution in [1.82, 2.24) is 4.90 Å². The number of carboxylic acid groups (broad SMARTS) is 1. The van der Waals surface area contributed by atoms with Crippen LogP contribution >= 0.6 is 0 Å². The zero-order valence-corrected chi connectivity index (χ0v) is 13.8. The Balaban J connectivity index is 1.94. The summed E-state index contributed by atoms with van der Waals surface area (Å²) in [6.45, 7) is 2.65. The highest BCUT2D eigenvalue weighted by Crippen LogP contribution is 2.30. The average Bonchev–Trinajstić information content (AvgIpc) is 2.53. The van der Waals surface area contributed by atoms with Gasteiger partial charge in [-0.3, -0.25) is 9.59 Å². The smallest absolute Gasteiger partial charge is 0.416 e. The number of aliphatic carboxylic acids is 1. The number of alkyl halides is 3. The van der Waals surface area contributed by atoms with E-state index in [9.17, 15) is 22.8 Å². The number of morpholine rings is 1. The lowest BCUT2D eigenvalue weighted by molar-refractivity contribution is -0.147. The Hall–Kier alpha value is -2.09. The highest BCUT2D eigenvalue weighted by atomic mass is 19.4. The molecule has 1 aliphatic rings. The van der Waals surface area contributed by atoms with Gasteiger partial charge in [0.15, 0.2) is 0 Å². The lowest BCUT2D eigenvalue weighted by atomic mass is 9.96. The third-order valence-corrected chi connectivity index (χ3v) is 4.18. The predicted molar refractivity (Wildman–Crippen MR) is 83.0 cm³/mol. The van der Waals surface area contributed by atoms with Crippen LogP contribution in [0.2, 0.25) is 0 Å². The number of nitrogens with zero attached hydrogens (tertiary/aromatic N) is 1. The van der Waals surface area contributed by atoms with Gasteiger partial charge in [-0.1, -0.05) is 19.1 Å². The Labute approximate surface area is 143 Å². The summed E-state index contributed by atoms with van der Waals surface area (Å²) in [5.41, 5.74) is -0.0730. The molecule has 0 aliphatic carbocycles. The molecule has 0 radical (unpaired) electrons. The summed E-state index contributed by atoms with van der Waals surface area (Å²) in [5, 5.41) is 8.80. The number of benzene rings is 1. The molecule has 1 aromatic rings. The quantitative estimate of drug-likeness (QED) is 0.878. The van der Waals surface area contributed by atoms with Gasteiger partial charge in [-0.25, -0.2) is 0 Å². The Morgan fingerprint density at radius 2 is 1.96 bits per heavy atom. The highest BCUT2D eigenvalue weighted by Gasteiger charge is 2.30. The molecule has 138 valence electrons. The van der Waals surface area contributed by atoms with E-state index >= 15 is 0 Å². The molecule has 1 amide bonds. The fraction of sp³-hybridized carbons (Fsp3) is 0.529. The molecule has 1 saturated heterocycles. The van der Waals surface area contributed by atoms with Gasteiger partial charge in [-0.05, 0) is 23.6 Å². The van der Waals surface area contributed by atoms with E-state index in [1.807, 2.05) is 0 Å². The zero-order chi connectivity index (χ0) is 18.6. The average molecular weight is 359 g/mol. The van der Waals surface area contributed by atoms with Crippen LogP contribution in [0.1, 0.15) is 36.8 Å². The number of ether oxygens (including phenoxy) is 1. The fourth-order valence-corrected chi connectivity index (χ4v) is 2.77. The van der Waals surface area contributed by atoms with Crippen molar-refractivity contribution in [3.05, 3.63) is 35.4 Å². The third-order valence-electron chi connectivity index (χ3n) is 4.18. The number of amides is 1. The largest absolute Gasteiger partial charge is 0.481 e. The summed E-state index contributed by atoms with van der Waals surface area (Å²) in [7, 11) is 0. The van der Waals surface area contributed by atoms with Crippen molar-refractivity contribution >= 4 is 11.9 Å². The molecule has 5 nitrogen and oxygen atoms in total. The van der Waals surface area contributed by atoms with E-state index in [-0.39, 0.29) is 37.8 Å². The highest BCUT2D eigenvalue weighted by molar-refractivity contribution is 5.77. The van der Waals surface area contributed by atoms with E-state index in [4.69, 9.17) is 9.84 Å². The van der Waals surface area contributed by atoms with Gasteiger partial charge in [0.25, 0.3) is 0 Å². The lowest BCUT2D eigenvalue weighted by Gasteiger charge is -2.33. The molecule has 1 aromatic carbocycles. The van der Waals surface area contributed by atoms with Crippen LogP contribution in [-0.4, -0.2) is 47.7 Å². The van der Waals surface area contributed by atoms with Crippen molar-refractivity contribution in [2.24, 2.45) is 0 Å². The molecule has 0 spiro atoms. The van der Waals surface area contributed by atoms with Crippen molar-refractivity contribution in [3.8, 4) is 0 Å². The maximum absolute atomic E-state index is 12.6. The molecular weight excluding hydrogens is 339 g/mol. The minimum Gasteiger partial charge on any atom is -0.481 e. The van der Waals surface area contributed by atoms with Gasteiger partial charge in [0.2, 0.25) is 5.91 Å². The van der Waals surface area contributed by atoms with Crippen molar-refractivity contribution in [2.45, 2.75) is 38.0 Å². The molecule has 0 aromatic heterocycles. The summed E-state index contributed by atoms with van der Waals surface area (Å²) in [5.74, 6) is -1.39. The van der Waals surface area contributed by atoms with Crippen LogP contribution in [0.25, 0.3) is 0 Å². The number of hydrogen-bond donors (Lipinski definition) is 1. The van der Waals surface area contributed by atoms with Gasteiger partial charge in [0, 0.05) is 19.5 Å². The second-order valence-corrected chi connectivity index (χ2v) is 6.16. The first-order valence-corrected chi connectivity index (χ1v) is 7.95. The molecule has 25 heavy (non-hydrogen) atoms. The van der Waals surface area contributed by atoms with Crippen LogP contribution in [-0.2, 0) is 20.5 Å². The van der Waals surface area contributed by atoms with Gasteiger partial charge < -0.3 is 14.7 Å².